The standard InChI is InChI=1S/C17H29NO3/c1-13(2)21-10-9-20-12-17(19)11-18-15(4)16-7-5-14(3)6-8-16/h5-8,13,15,17-19H,9-12H2,1-4H3. The Morgan fingerprint density at radius 2 is 1.76 bits per heavy atom. The predicted octanol–water partition coefficient (Wildman–Crippen LogP) is 2.45. The molecule has 2 atom stereocenters. The molecule has 2 unspecified atom stereocenters. The highest BCUT2D eigenvalue weighted by Gasteiger charge is 2.09. The number of nitrogens with one attached hydrogen (secondary N) is 1. The molecule has 120 valence electrons. The molecular formula is C17H29NO3. The number of hydrogen-bond donors (Lipinski definition) is 2. The van der Waals surface area contributed by atoms with Crippen molar-refractivity contribution in [2.75, 3.05) is 26.4 Å². The molecule has 0 bridgehead atoms. The Kier molecular flexibility index (Phi) is 8.54. The van der Waals surface area contributed by atoms with Crippen molar-refractivity contribution in [1.29, 1.82) is 0 Å². The van der Waals surface area contributed by atoms with Gasteiger partial charge in [-0.1, -0.05) is 29.8 Å². The summed E-state index contributed by atoms with van der Waals surface area (Å²) in [5.41, 5.74) is 2.47. The third kappa shape index (κ3) is 8.17. The molecule has 4 nitrogen and oxygen atoms in total. The van der Waals surface area contributed by atoms with Crippen molar-refractivity contribution in [2.24, 2.45) is 0 Å². The largest absolute Gasteiger partial charge is 0.389 e. The van der Waals surface area contributed by atoms with Crippen LogP contribution in [0.1, 0.15) is 37.9 Å². The summed E-state index contributed by atoms with van der Waals surface area (Å²) in [6.45, 7) is 10.1. The minimum absolute atomic E-state index is 0.213. The third-order valence-electron chi connectivity index (χ3n) is 3.23. The van der Waals surface area contributed by atoms with Crippen molar-refractivity contribution in [3.05, 3.63) is 35.4 Å². The van der Waals surface area contributed by atoms with Crippen LogP contribution in [0.15, 0.2) is 24.3 Å². The van der Waals surface area contributed by atoms with E-state index in [1.165, 1.54) is 11.1 Å². The smallest absolute Gasteiger partial charge is 0.0897 e. The molecule has 0 aliphatic rings. The molecule has 0 aliphatic heterocycles. The van der Waals surface area contributed by atoms with E-state index in [0.717, 1.165) is 0 Å². The molecule has 0 spiro atoms. The van der Waals surface area contributed by atoms with E-state index in [1.807, 2.05) is 13.8 Å². The van der Waals surface area contributed by atoms with Crippen molar-refractivity contribution in [3.8, 4) is 0 Å². The van der Waals surface area contributed by atoms with E-state index in [9.17, 15) is 5.11 Å². The molecule has 0 radical (unpaired) electrons. The minimum atomic E-state index is -0.503. The van der Waals surface area contributed by atoms with Crippen LogP contribution in [0.4, 0.5) is 0 Å². The molecule has 0 fully saturated rings. The van der Waals surface area contributed by atoms with E-state index in [0.29, 0.717) is 26.4 Å². The molecule has 0 saturated carbocycles. The van der Waals surface area contributed by atoms with E-state index in [-0.39, 0.29) is 12.1 Å². The summed E-state index contributed by atoms with van der Waals surface area (Å²) in [7, 11) is 0. The van der Waals surface area contributed by atoms with E-state index in [2.05, 4.69) is 43.4 Å². The van der Waals surface area contributed by atoms with Crippen molar-refractivity contribution in [1.82, 2.24) is 5.32 Å². The first-order valence-corrected chi connectivity index (χ1v) is 7.66. The van der Waals surface area contributed by atoms with E-state index in [4.69, 9.17) is 9.47 Å². The van der Waals surface area contributed by atoms with Gasteiger partial charge in [-0.25, -0.2) is 0 Å². The molecule has 21 heavy (non-hydrogen) atoms. The van der Waals surface area contributed by atoms with Gasteiger partial charge >= 0.3 is 0 Å². The van der Waals surface area contributed by atoms with Gasteiger partial charge in [-0.05, 0) is 33.3 Å². The lowest BCUT2D eigenvalue weighted by molar-refractivity contribution is -0.0104. The monoisotopic (exact) mass is 295 g/mol. The molecule has 0 heterocycles. The number of aliphatic hydroxyl groups is 1. The average molecular weight is 295 g/mol. The van der Waals surface area contributed by atoms with Gasteiger partial charge in [-0.2, -0.15) is 0 Å². The highest BCUT2D eigenvalue weighted by Crippen LogP contribution is 2.12. The van der Waals surface area contributed by atoms with Gasteiger partial charge in [0.25, 0.3) is 0 Å². The van der Waals surface area contributed by atoms with Gasteiger partial charge in [0.15, 0.2) is 0 Å². The van der Waals surface area contributed by atoms with Gasteiger partial charge in [-0.3, -0.25) is 0 Å². The SMILES string of the molecule is Cc1ccc(C(C)NCC(O)COCCOC(C)C)cc1. The van der Waals surface area contributed by atoms with Crippen LogP contribution in [0.25, 0.3) is 0 Å². The second kappa shape index (κ2) is 9.90. The number of ether oxygens (including phenoxy) is 2. The van der Waals surface area contributed by atoms with E-state index >= 15 is 0 Å². The van der Waals surface area contributed by atoms with Gasteiger partial charge in [0, 0.05) is 12.6 Å². The Labute approximate surface area is 128 Å². The lowest BCUT2D eigenvalue weighted by Gasteiger charge is -2.18. The highest BCUT2D eigenvalue weighted by atomic mass is 16.5. The maximum absolute atomic E-state index is 9.87. The third-order valence-corrected chi connectivity index (χ3v) is 3.23. The fourth-order valence-electron chi connectivity index (χ4n) is 1.91. The molecule has 1 rings (SSSR count). The first kappa shape index (κ1) is 18.1. The van der Waals surface area contributed by atoms with Gasteiger partial charge in [0.1, 0.15) is 0 Å². The molecule has 0 amide bonds. The summed E-state index contributed by atoms with van der Waals surface area (Å²) < 4.78 is 10.8. The fraction of sp³-hybridized carbons (Fsp3) is 0.647. The van der Waals surface area contributed by atoms with Crippen LogP contribution in [0, 0.1) is 6.92 Å². The van der Waals surface area contributed by atoms with Crippen molar-refractivity contribution in [3.63, 3.8) is 0 Å². The molecule has 2 N–H and O–H groups in total. The Morgan fingerprint density at radius 3 is 2.38 bits per heavy atom. The maximum atomic E-state index is 9.87. The summed E-state index contributed by atoms with van der Waals surface area (Å²) >= 11 is 0. The van der Waals surface area contributed by atoms with Crippen LogP contribution >= 0.6 is 0 Å². The Bertz CT molecular complexity index is 378. The van der Waals surface area contributed by atoms with Crippen LogP contribution in [0.3, 0.4) is 0 Å². The topological polar surface area (TPSA) is 50.7 Å². The number of hydrogen-bond acceptors (Lipinski definition) is 4. The van der Waals surface area contributed by atoms with Gasteiger partial charge in [0.05, 0.1) is 32.0 Å². The average Bonchev–Trinajstić information content (AvgIpc) is 2.44. The van der Waals surface area contributed by atoms with Crippen LogP contribution in [0.5, 0.6) is 0 Å². The molecule has 4 heteroatoms. The fourth-order valence-corrected chi connectivity index (χ4v) is 1.91. The molecule has 1 aromatic rings. The summed E-state index contributed by atoms with van der Waals surface area (Å²) in [5, 5.41) is 13.2. The maximum Gasteiger partial charge on any atom is 0.0897 e. The first-order valence-electron chi connectivity index (χ1n) is 7.66. The molecule has 0 aliphatic carbocycles. The van der Waals surface area contributed by atoms with E-state index in [1.54, 1.807) is 0 Å². The Balaban J connectivity index is 2.14. The zero-order valence-electron chi connectivity index (χ0n) is 13.6. The molecule has 1 aromatic carbocycles. The summed E-state index contributed by atoms with van der Waals surface area (Å²) in [6.07, 6.45) is -0.285. The van der Waals surface area contributed by atoms with Crippen LogP contribution < -0.4 is 5.32 Å². The molecule has 0 aromatic heterocycles. The van der Waals surface area contributed by atoms with Crippen LogP contribution in [-0.2, 0) is 9.47 Å². The zero-order valence-corrected chi connectivity index (χ0v) is 13.6. The number of benzene rings is 1. The highest BCUT2D eigenvalue weighted by molar-refractivity contribution is 5.23. The number of aryl methyl sites for hydroxylation is 1. The summed E-state index contributed by atoms with van der Waals surface area (Å²) in [6, 6.07) is 8.63. The Hall–Kier alpha value is -0.940. The van der Waals surface area contributed by atoms with Crippen molar-refractivity contribution < 1.29 is 14.6 Å². The predicted molar refractivity (Wildman–Crippen MR) is 85.5 cm³/mol. The van der Waals surface area contributed by atoms with Gasteiger partial charge < -0.3 is 19.9 Å². The lowest BCUT2D eigenvalue weighted by Crippen LogP contribution is -2.32. The first-order chi connectivity index (χ1) is 9.99. The van der Waals surface area contributed by atoms with Crippen molar-refractivity contribution >= 4 is 0 Å². The quantitative estimate of drug-likeness (QED) is 0.651. The molecular weight excluding hydrogens is 266 g/mol. The van der Waals surface area contributed by atoms with Gasteiger partial charge in [-0.15, -0.1) is 0 Å². The summed E-state index contributed by atoms with van der Waals surface area (Å²) in [4.78, 5) is 0. The van der Waals surface area contributed by atoms with E-state index < -0.39 is 6.10 Å². The number of rotatable bonds is 10. The zero-order chi connectivity index (χ0) is 15.7. The van der Waals surface area contributed by atoms with Crippen molar-refractivity contribution in [2.45, 2.75) is 45.9 Å². The second-order valence-corrected chi connectivity index (χ2v) is 5.69. The minimum Gasteiger partial charge on any atom is -0.389 e. The second-order valence-electron chi connectivity index (χ2n) is 5.69. The molecule has 0 saturated heterocycles. The normalized spacial score (nSPS) is 14.4. The van der Waals surface area contributed by atoms with Crippen LogP contribution in [-0.4, -0.2) is 43.7 Å². The summed E-state index contributed by atoms with van der Waals surface area (Å²) in [5.74, 6) is 0. The lowest BCUT2D eigenvalue weighted by atomic mass is 10.1. The van der Waals surface area contributed by atoms with Crippen LogP contribution in [0.2, 0.25) is 0 Å². The number of aliphatic hydroxyl groups excluding tert-OH is 1. The Morgan fingerprint density at radius 1 is 1.10 bits per heavy atom. The van der Waals surface area contributed by atoms with Gasteiger partial charge in [0.2, 0.25) is 0 Å².